The van der Waals surface area contributed by atoms with Crippen molar-refractivity contribution in [1.29, 1.82) is 0 Å². The third-order valence-corrected chi connectivity index (χ3v) is 6.61. The molecule has 170 valence electrons. The van der Waals surface area contributed by atoms with Crippen molar-refractivity contribution in [3.05, 3.63) is 64.7 Å². The van der Waals surface area contributed by atoms with Gasteiger partial charge in [0.25, 0.3) is 17.7 Å². The minimum absolute atomic E-state index is 0.276. The monoisotopic (exact) mass is 449 g/mol. The molecular formula is C24H23N3O6. The van der Waals surface area contributed by atoms with Crippen molar-refractivity contribution in [3.63, 3.8) is 0 Å². The second-order valence-electron chi connectivity index (χ2n) is 8.55. The van der Waals surface area contributed by atoms with Gasteiger partial charge in [-0.15, -0.1) is 0 Å². The van der Waals surface area contributed by atoms with Gasteiger partial charge in [0.15, 0.2) is 0 Å². The summed E-state index contributed by atoms with van der Waals surface area (Å²) in [6.45, 7) is -0.643. The van der Waals surface area contributed by atoms with Crippen LogP contribution in [0.5, 0.6) is 5.75 Å². The molecule has 9 heteroatoms. The van der Waals surface area contributed by atoms with Crippen LogP contribution in [-0.4, -0.2) is 65.0 Å². The summed E-state index contributed by atoms with van der Waals surface area (Å²) in [5.74, 6) is -0.771. The van der Waals surface area contributed by atoms with Crippen LogP contribution in [0, 0.1) is 0 Å². The zero-order chi connectivity index (χ0) is 23.3. The Morgan fingerprint density at radius 1 is 1.03 bits per heavy atom. The maximum atomic E-state index is 13.4. The van der Waals surface area contributed by atoms with Crippen LogP contribution in [0.15, 0.2) is 42.5 Å². The van der Waals surface area contributed by atoms with E-state index < -0.39 is 35.4 Å². The minimum atomic E-state index is -1.28. The predicted octanol–water partition coefficient (Wildman–Crippen LogP) is 1.44. The van der Waals surface area contributed by atoms with E-state index >= 15 is 0 Å². The fourth-order valence-corrected chi connectivity index (χ4v) is 5.03. The molecule has 9 nitrogen and oxygen atoms in total. The lowest BCUT2D eigenvalue weighted by Gasteiger charge is -2.33. The topological polar surface area (TPSA) is 116 Å². The van der Waals surface area contributed by atoms with Crippen LogP contribution in [0.2, 0.25) is 0 Å². The van der Waals surface area contributed by atoms with E-state index in [-0.39, 0.29) is 24.2 Å². The maximum Gasteiger partial charge on any atom is 0.325 e. The number of hydrogen-bond acceptors (Lipinski definition) is 6. The van der Waals surface area contributed by atoms with E-state index in [1.165, 1.54) is 0 Å². The Hall–Kier alpha value is -3.72. The number of rotatable bonds is 5. The van der Waals surface area contributed by atoms with Crippen LogP contribution >= 0.6 is 0 Å². The van der Waals surface area contributed by atoms with E-state index in [4.69, 9.17) is 4.74 Å². The molecule has 2 unspecified atom stereocenters. The van der Waals surface area contributed by atoms with E-state index in [1.807, 2.05) is 6.07 Å². The summed E-state index contributed by atoms with van der Waals surface area (Å²) >= 11 is 0. The molecule has 1 saturated heterocycles. The number of carbonyl (C=O) groups excluding carboxylic acids is 4. The number of β-amino-alcohol motifs (C(OH)–C–C–N with tert-alkyl or cyclic N) is 1. The molecule has 0 radical (unpaired) electrons. The van der Waals surface area contributed by atoms with Gasteiger partial charge in [0.1, 0.15) is 11.3 Å². The highest BCUT2D eigenvalue weighted by molar-refractivity contribution is 6.21. The molecule has 5 amide bonds. The zero-order valence-electron chi connectivity index (χ0n) is 18.0. The molecular weight excluding hydrogens is 426 g/mol. The van der Waals surface area contributed by atoms with Gasteiger partial charge >= 0.3 is 6.03 Å². The van der Waals surface area contributed by atoms with Crippen LogP contribution in [-0.2, 0) is 16.8 Å². The number of nitrogens with one attached hydrogen (secondary N) is 1. The summed E-state index contributed by atoms with van der Waals surface area (Å²) < 4.78 is 5.28. The molecule has 2 aliphatic heterocycles. The quantitative estimate of drug-likeness (QED) is 0.527. The number of aryl methyl sites for hydroxylation is 1. The van der Waals surface area contributed by atoms with Crippen LogP contribution in [0.1, 0.15) is 44.7 Å². The second kappa shape index (κ2) is 7.70. The van der Waals surface area contributed by atoms with Gasteiger partial charge in [-0.3, -0.25) is 24.2 Å². The van der Waals surface area contributed by atoms with Crippen molar-refractivity contribution < 1.29 is 29.0 Å². The molecule has 2 heterocycles. The van der Waals surface area contributed by atoms with E-state index in [1.54, 1.807) is 43.5 Å². The fourth-order valence-electron chi connectivity index (χ4n) is 5.03. The number of aliphatic hydroxyl groups excluding tert-OH is 1. The van der Waals surface area contributed by atoms with Gasteiger partial charge in [0.05, 0.1) is 37.4 Å². The highest BCUT2D eigenvalue weighted by Gasteiger charge is 2.54. The number of fused-ring (bicyclic) bond motifs is 3. The summed E-state index contributed by atoms with van der Waals surface area (Å²) in [4.78, 5) is 53.3. The Labute approximate surface area is 189 Å². The van der Waals surface area contributed by atoms with Crippen molar-refractivity contribution in [3.8, 4) is 5.75 Å². The fraction of sp³-hybridized carbons (Fsp3) is 0.333. The number of benzene rings is 2. The Morgan fingerprint density at radius 2 is 1.70 bits per heavy atom. The molecule has 0 bridgehead atoms. The normalized spacial score (nSPS) is 22.5. The smallest absolute Gasteiger partial charge is 0.325 e. The molecule has 0 aromatic heterocycles. The first-order chi connectivity index (χ1) is 15.9. The SMILES string of the molecule is COc1ccc2c(c1)CCCC21NC(=O)N(CC(O)CN2C(=O)c3ccccc3C2=O)C1=O. The van der Waals surface area contributed by atoms with E-state index in [9.17, 15) is 24.3 Å². The number of imide groups is 2. The molecule has 1 fully saturated rings. The largest absolute Gasteiger partial charge is 0.497 e. The number of ether oxygens (including phenoxy) is 1. The summed E-state index contributed by atoms with van der Waals surface area (Å²) in [6, 6.07) is 11.2. The Bertz CT molecular complexity index is 1160. The van der Waals surface area contributed by atoms with Crippen LogP contribution < -0.4 is 10.1 Å². The molecule has 5 rings (SSSR count). The number of aliphatic hydroxyl groups is 1. The molecule has 3 aliphatic rings. The van der Waals surface area contributed by atoms with Gasteiger partial charge in [0.2, 0.25) is 0 Å². The Morgan fingerprint density at radius 3 is 2.36 bits per heavy atom. The van der Waals surface area contributed by atoms with Crippen LogP contribution in [0.3, 0.4) is 0 Å². The van der Waals surface area contributed by atoms with Crippen LogP contribution in [0.25, 0.3) is 0 Å². The average Bonchev–Trinajstić information content (AvgIpc) is 3.19. The van der Waals surface area contributed by atoms with Crippen molar-refractivity contribution in [1.82, 2.24) is 15.1 Å². The average molecular weight is 449 g/mol. The molecule has 0 saturated carbocycles. The standard InChI is InChI=1S/C24H23N3O6/c1-33-16-8-9-19-14(11-16)5-4-10-24(19)22(31)27(23(32)25-24)13-15(28)12-26-20(29)17-6-2-3-7-18(17)21(26)30/h2-3,6-9,11,15,28H,4-5,10,12-13H2,1H3,(H,25,32). The van der Waals surface area contributed by atoms with Crippen LogP contribution in [0.4, 0.5) is 4.79 Å². The van der Waals surface area contributed by atoms with E-state index in [0.717, 1.165) is 27.3 Å². The lowest BCUT2D eigenvalue weighted by Crippen LogP contribution is -2.48. The Balaban J connectivity index is 1.34. The first-order valence-electron chi connectivity index (χ1n) is 10.8. The molecule has 2 aromatic rings. The molecule has 2 atom stereocenters. The highest BCUT2D eigenvalue weighted by Crippen LogP contribution is 2.41. The van der Waals surface area contributed by atoms with Crippen molar-refractivity contribution in [2.24, 2.45) is 0 Å². The number of nitrogens with zero attached hydrogens (tertiary/aromatic N) is 2. The van der Waals surface area contributed by atoms with E-state index in [0.29, 0.717) is 18.6 Å². The number of urea groups is 1. The van der Waals surface area contributed by atoms with Gasteiger partial charge in [-0.2, -0.15) is 0 Å². The Kier molecular flexibility index (Phi) is 4.93. The lowest BCUT2D eigenvalue weighted by molar-refractivity contribution is -0.133. The van der Waals surface area contributed by atoms with Crippen molar-refractivity contribution in [2.45, 2.75) is 30.9 Å². The van der Waals surface area contributed by atoms with Gasteiger partial charge in [-0.1, -0.05) is 18.2 Å². The first-order valence-corrected chi connectivity index (χ1v) is 10.8. The van der Waals surface area contributed by atoms with Gasteiger partial charge in [-0.05, 0) is 54.7 Å². The maximum absolute atomic E-state index is 13.4. The number of carbonyl (C=O) groups is 4. The third-order valence-electron chi connectivity index (χ3n) is 6.61. The lowest BCUT2D eigenvalue weighted by atomic mass is 9.76. The number of amides is 5. The second-order valence-corrected chi connectivity index (χ2v) is 8.55. The van der Waals surface area contributed by atoms with Gasteiger partial charge < -0.3 is 15.2 Å². The first kappa shape index (κ1) is 21.1. The van der Waals surface area contributed by atoms with E-state index in [2.05, 4.69) is 5.32 Å². The summed E-state index contributed by atoms with van der Waals surface area (Å²) in [5, 5.41) is 13.5. The third kappa shape index (κ3) is 3.19. The minimum Gasteiger partial charge on any atom is -0.497 e. The summed E-state index contributed by atoms with van der Waals surface area (Å²) in [6.07, 6.45) is 0.635. The summed E-state index contributed by atoms with van der Waals surface area (Å²) in [7, 11) is 1.57. The summed E-state index contributed by atoms with van der Waals surface area (Å²) in [5.41, 5.74) is 1.02. The predicted molar refractivity (Wildman–Crippen MR) is 116 cm³/mol. The molecule has 2 aromatic carbocycles. The van der Waals surface area contributed by atoms with Gasteiger partial charge in [0, 0.05) is 0 Å². The number of hydrogen-bond donors (Lipinski definition) is 2. The van der Waals surface area contributed by atoms with Gasteiger partial charge in [-0.25, -0.2) is 4.79 Å². The van der Waals surface area contributed by atoms with Crippen molar-refractivity contribution in [2.75, 3.05) is 20.2 Å². The van der Waals surface area contributed by atoms with Crippen molar-refractivity contribution >= 4 is 23.8 Å². The molecule has 1 aliphatic carbocycles. The number of methoxy groups -OCH3 is 1. The molecule has 2 N–H and O–H groups in total. The highest BCUT2D eigenvalue weighted by atomic mass is 16.5. The molecule has 33 heavy (non-hydrogen) atoms. The zero-order valence-corrected chi connectivity index (χ0v) is 18.0. The molecule has 1 spiro atoms.